The molecule has 1 heterocycles. The van der Waals surface area contributed by atoms with Crippen LogP contribution < -0.4 is 10.2 Å². The SMILES string of the molecule is CCCCc1ccc(N2C(=O)C(Nc3ccccc3C)=C(c3ccccc3)C2=O)cc1. The number of imide groups is 1. The van der Waals surface area contributed by atoms with Crippen molar-refractivity contribution in [3.05, 3.63) is 101 Å². The van der Waals surface area contributed by atoms with Crippen molar-refractivity contribution in [1.82, 2.24) is 0 Å². The van der Waals surface area contributed by atoms with E-state index >= 15 is 0 Å². The lowest BCUT2D eigenvalue weighted by molar-refractivity contribution is -0.120. The van der Waals surface area contributed by atoms with E-state index in [4.69, 9.17) is 0 Å². The van der Waals surface area contributed by atoms with Gasteiger partial charge in [0.2, 0.25) is 0 Å². The minimum absolute atomic E-state index is 0.306. The first-order chi connectivity index (χ1) is 15.1. The Morgan fingerprint density at radius 3 is 2.16 bits per heavy atom. The summed E-state index contributed by atoms with van der Waals surface area (Å²) < 4.78 is 0. The number of benzene rings is 3. The van der Waals surface area contributed by atoms with Gasteiger partial charge < -0.3 is 5.32 Å². The lowest BCUT2D eigenvalue weighted by Gasteiger charge is -2.16. The fourth-order valence-electron chi connectivity index (χ4n) is 3.79. The Kier molecular flexibility index (Phi) is 5.99. The van der Waals surface area contributed by atoms with Crippen molar-refractivity contribution >= 4 is 28.8 Å². The zero-order valence-corrected chi connectivity index (χ0v) is 17.9. The minimum Gasteiger partial charge on any atom is -0.350 e. The van der Waals surface area contributed by atoms with E-state index < -0.39 is 0 Å². The molecule has 1 aliphatic heterocycles. The zero-order valence-electron chi connectivity index (χ0n) is 17.9. The van der Waals surface area contributed by atoms with Gasteiger partial charge in [0.05, 0.1) is 11.3 Å². The van der Waals surface area contributed by atoms with Gasteiger partial charge in [0.1, 0.15) is 5.70 Å². The predicted molar refractivity (Wildman–Crippen MR) is 126 cm³/mol. The molecule has 31 heavy (non-hydrogen) atoms. The summed E-state index contributed by atoms with van der Waals surface area (Å²) >= 11 is 0. The Bertz CT molecular complexity index is 1130. The maximum Gasteiger partial charge on any atom is 0.282 e. The molecule has 0 spiro atoms. The monoisotopic (exact) mass is 410 g/mol. The maximum atomic E-state index is 13.5. The summed E-state index contributed by atoms with van der Waals surface area (Å²) in [6.45, 7) is 4.13. The van der Waals surface area contributed by atoms with Crippen molar-refractivity contribution in [2.75, 3.05) is 10.2 Å². The van der Waals surface area contributed by atoms with Crippen LogP contribution in [0.1, 0.15) is 36.5 Å². The molecule has 0 aromatic heterocycles. The van der Waals surface area contributed by atoms with Crippen molar-refractivity contribution in [3.8, 4) is 0 Å². The van der Waals surface area contributed by atoms with Crippen LogP contribution in [0.3, 0.4) is 0 Å². The second-order valence-electron chi connectivity index (χ2n) is 7.77. The minimum atomic E-state index is -0.339. The molecular weight excluding hydrogens is 384 g/mol. The molecule has 3 aromatic rings. The fraction of sp³-hybridized carbons (Fsp3) is 0.185. The maximum absolute atomic E-state index is 13.5. The summed E-state index contributed by atoms with van der Waals surface area (Å²) in [5.41, 5.74) is 5.03. The van der Waals surface area contributed by atoms with E-state index in [0.29, 0.717) is 17.0 Å². The van der Waals surface area contributed by atoms with E-state index in [0.717, 1.165) is 36.1 Å². The second kappa shape index (κ2) is 9.00. The first kappa shape index (κ1) is 20.6. The number of aryl methyl sites for hydroxylation is 2. The molecule has 4 rings (SSSR count). The van der Waals surface area contributed by atoms with Crippen LogP contribution in [0.2, 0.25) is 0 Å². The van der Waals surface area contributed by atoms with Crippen LogP contribution >= 0.6 is 0 Å². The number of anilines is 2. The van der Waals surface area contributed by atoms with Crippen LogP contribution in [-0.4, -0.2) is 11.8 Å². The average Bonchev–Trinajstić information content (AvgIpc) is 3.04. The lowest BCUT2D eigenvalue weighted by Crippen LogP contribution is -2.32. The highest BCUT2D eigenvalue weighted by Crippen LogP contribution is 2.34. The smallest absolute Gasteiger partial charge is 0.282 e. The molecule has 0 atom stereocenters. The van der Waals surface area contributed by atoms with E-state index in [1.165, 1.54) is 10.5 Å². The highest BCUT2D eigenvalue weighted by atomic mass is 16.2. The predicted octanol–water partition coefficient (Wildman–Crippen LogP) is 5.73. The van der Waals surface area contributed by atoms with E-state index in [2.05, 4.69) is 12.2 Å². The van der Waals surface area contributed by atoms with E-state index in [-0.39, 0.29) is 11.8 Å². The normalized spacial score (nSPS) is 13.8. The Hall–Kier alpha value is -3.66. The number of unbranched alkanes of at least 4 members (excludes halogenated alkanes) is 1. The third-order valence-corrected chi connectivity index (χ3v) is 5.56. The molecule has 0 saturated heterocycles. The summed E-state index contributed by atoms with van der Waals surface area (Å²) in [6, 6.07) is 24.8. The number of carbonyl (C=O) groups excluding carboxylic acids is 2. The third-order valence-electron chi connectivity index (χ3n) is 5.56. The molecule has 1 N–H and O–H groups in total. The number of nitrogens with one attached hydrogen (secondary N) is 1. The van der Waals surface area contributed by atoms with E-state index in [1.807, 2.05) is 85.8 Å². The van der Waals surface area contributed by atoms with Gasteiger partial charge in [-0.05, 0) is 54.7 Å². The molecule has 0 unspecified atom stereocenters. The van der Waals surface area contributed by atoms with Crippen molar-refractivity contribution in [2.45, 2.75) is 33.1 Å². The van der Waals surface area contributed by atoms with Gasteiger partial charge in [-0.3, -0.25) is 9.59 Å². The average molecular weight is 411 g/mol. The summed E-state index contributed by atoms with van der Waals surface area (Å²) in [5, 5.41) is 3.24. The molecule has 0 radical (unpaired) electrons. The zero-order chi connectivity index (χ0) is 21.8. The van der Waals surface area contributed by atoms with Crippen LogP contribution in [0.4, 0.5) is 11.4 Å². The number of rotatable bonds is 7. The first-order valence-electron chi connectivity index (χ1n) is 10.7. The van der Waals surface area contributed by atoms with Gasteiger partial charge in [-0.2, -0.15) is 0 Å². The van der Waals surface area contributed by atoms with Crippen molar-refractivity contribution in [1.29, 1.82) is 0 Å². The molecule has 0 bridgehead atoms. The van der Waals surface area contributed by atoms with Crippen LogP contribution in [0.15, 0.2) is 84.6 Å². The molecule has 0 saturated carbocycles. The van der Waals surface area contributed by atoms with E-state index in [9.17, 15) is 9.59 Å². The third kappa shape index (κ3) is 4.15. The number of carbonyl (C=O) groups is 2. The van der Waals surface area contributed by atoms with Gasteiger partial charge in [-0.15, -0.1) is 0 Å². The Labute approximate surface area is 183 Å². The molecule has 1 aliphatic rings. The fourth-order valence-corrected chi connectivity index (χ4v) is 3.79. The standard InChI is InChI=1S/C27H26N2O2/c1-3-4-11-20-15-17-22(18-16-20)29-26(30)24(21-12-6-5-7-13-21)25(27(29)31)28-23-14-9-8-10-19(23)2/h5-10,12-18,28H,3-4,11H2,1-2H3. The molecular formula is C27H26N2O2. The summed E-state index contributed by atoms with van der Waals surface area (Å²) in [4.78, 5) is 28.2. The Morgan fingerprint density at radius 2 is 1.48 bits per heavy atom. The van der Waals surface area contributed by atoms with Crippen LogP contribution in [0.5, 0.6) is 0 Å². The topological polar surface area (TPSA) is 49.4 Å². The molecule has 3 aromatic carbocycles. The molecule has 4 nitrogen and oxygen atoms in total. The van der Waals surface area contributed by atoms with Crippen LogP contribution in [-0.2, 0) is 16.0 Å². The molecule has 156 valence electrons. The van der Waals surface area contributed by atoms with Crippen LogP contribution in [0.25, 0.3) is 5.57 Å². The summed E-state index contributed by atoms with van der Waals surface area (Å²) in [7, 11) is 0. The number of amides is 2. The van der Waals surface area contributed by atoms with Gasteiger partial charge in [0.25, 0.3) is 11.8 Å². The van der Waals surface area contributed by atoms with Crippen LogP contribution in [0, 0.1) is 6.92 Å². The Balaban J connectivity index is 1.73. The van der Waals surface area contributed by atoms with E-state index in [1.54, 1.807) is 0 Å². The van der Waals surface area contributed by atoms with Gasteiger partial charge in [-0.25, -0.2) is 4.90 Å². The lowest BCUT2D eigenvalue weighted by atomic mass is 10.0. The van der Waals surface area contributed by atoms with Crippen molar-refractivity contribution in [3.63, 3.8) is 0 Å². The summed E-state index contributed by atoms with van der Waals surface area (Å²) in [5.74, 6) is -0.651. The molecule has 0 aliphatic carbocycles. The molecule has 4 heteroatoms. The molecule has 0 fully saturated rings. The number of hydrogen-bond acceptors (Lipinski definition) is 3. The number of nitrogens with zero attached hydrogens (tertiary/aromatic N) is 1. The Morgan fingerprint density at radius 1 is 0.806 bits per heavy atom. The van der Waals surface area contributed by atoms with Gasteiger partial charge in [0, 0.05) is 5.69 Å². The quantitative estimate of drug-likeness (QED) is 0.506. The first-order valence-corrected chi connectivity index (χ1v) is 10.7. The van der Waals surface area contributed by atoms with Gasteiger partial charge >= 0.3 is 0 Å². The second-order valence-corrected chi connectivity index (χ2v) is 7.77. The highest BCUT2D eigenvalue weighted by Gasteiger charge is 2.40. The number of hydrogen-bond donors (Lipinski definition) is 1. The number of para-hydroxylation sites is 1. The van der Waals surface area contributed by atoms with Gasteiger partial charge in [0.15, 0.2) is 0 Å². The largest absolute Gasteiger partial charge is 0.350 e. The summed E-state index contributed by atoms with van der Waals surface area (Å²) in [6.07, 6.45) is 3.24. The van der Waals surface area contributed by atoms with Gasteiger partial charge in [-0.1, -0.05) is 74.0 Å². The van der Waals surface area contributed by atoms with Crippen molar-refractivity contribution < 1.29 is 9.59 Å². The highest BCUT2D eigenvalue weighted by molar-refractivity contribution is 6.46. The molecule has 2 amide bonds. The van der Waals surface area contributed by atoms with Crippen molar-refractivity contribution in [2.24, 2.45) is 0 Å².